The van der Waals surface area contributed by atoms with E-state index in [0.29, 0.717) is 29.7 Å². The van der Waals surface area contributed by atoms with Crippen molar-refractivity contribution in [3.8, 4) is 5.75 Å². The second-order valence-electron chi connectivity index (χ2n) is 4.74. The number of para-hydroxylation sites is 2. The molecule has 2 aromatic rings. The Hall–Kier alpha value is -1.84. The molecule has 1 aromatic heterocycles. The molecule has 9 heteroatoms. The number of nitrogens with one attached hydrogen (secondary N) is 2. The van der Waals surface area contributed by atoms with Gasteiger partial charge in [-0.15, -0.1) is 10.2 Å². The van der Waals surface area contributed by atoms with Crippen LogP contribution >= 0.6 is 23.1 Å². The predicted molar refractivity (Wildman–Crippen MR) is 97.2 cm³/mol. The summed E-state index contributed by atoms with van der Waals surface area (Å²) in [5.41, 5.74) is 0.650. The topological polar surface area (TPSA) is 85.4 Å². The molecule has 0 aliphatic rings. The van der Waals surface area contributed by atoms with E-state index in [2.05, 4.69) is 20.8 Å². The van der Waals surface area contributed by atoms with Crippen molar-refractivity contribution in [1.29, 1.82) is 0 Å². The summed E-state index contributed by atoms with van der Waals surface area (Å²) in [5.74, 6) is 0.511. The zero-order chi connectivity index (χ0) is 17.4. The smallest absolute Gasteiger partial charge is 0.237 e. The molecule has 0 aliphatic carbocycles. The van der Waals surface area contributed by atoms with E-state index in [1.807, 2.05) is 19.1 Å². The minimum Gasteiger partial charge on any atom is -0.495 e. The van der Waals surface area contributed by atoms with Crippen molar-refractivity contribution in [2.75, 3.05) is 38.0 Å². The molecular weight excluding hydrogens is 348 g/mol. The number of methoxy groups -OCH3 is 2. The minimum absolute atomic E-state index is 0.117. The third-order valence-electron chi connectivity index (χ3n) is 3.00. The van der Waals surface area contributed by atoms with Crippen molar-refractivity contribution >= 4 is 39.8 Å². The van der Waals surface area contributed by atoms with Crippen LogP contribution in [0.3, 0.4) is 0 Å². The number of carbonyl (C=O) groups excluding carboxylic acids is 1. The predicted octanol–water partition coefficient (Wildman–Crippen LogP) is 2.72. The summed E-state index contributed by atoms with van der Waals surface area (Å²) >= 11 is 2.78. The van der Waals surface area contributed by atoms with E-state index >= 15 is 0 Å². The molecule has 24 heavy (non-hydrogen) atoms. The minimum atomic E-state index is -0.310. The molecule has 0 saturated heterocycles. The van der Waals surface area contributed by atoms with Crippen LogP contribution in [-0.2, 0) is 9.53 Å². The molecule has 0 aliphatic heterocycles. The molecule has 0 bridgehead atoms. The van der Waals surface area contributed by atoms with Crippen LogP contribution in [-0.4, -0.2) is 48.7 Å². The number of amides is 1. The van der Waals surface area contributed by atoms with Gasteiger partial charge >= 0.3 is 0 Å². The van der Waals surface area contributed by atoms with E-state index in [4.69, 9.17) is 9.47 Å². The summed E-state index contributed by atoms with van der Waals surface area (Å²) in [5, 5.41) is 14.5. The Kier molecular flexibility index (Phi) is 7.29. The summed E-state index contributed by atoms with van der Waals surface area (Å²) in [6.07, 6.45) is 0. The van der Waals surface area contributed by atoms with Crippen molar-refractivity contribution in [1.82, 2.24) is 10.2 Å². The van der Waals surface area contributed by atoms with Crippen LogP contribution in [0.5, 0.6) is 5.75 Å². The highest BCUT2D eigenvalue weighted by Gasteiger charge is 2.18. The Morgan fingerprint density at radius 1 is 1.33 bits per heavy atom. The van der Waals surface area contributed by atoms with Crippen LogP contribution in [0.25, 0.3) is 0 Å². The lowest BCUT2D eigenvalue weighted by atomic mass is 10.3. The van der Waals surface area contributed by atoms with Crippen molar-refractivity contribution in [2.24, 2.45) is 0 Å². The van der Waals surface area contributed by atoms with Crippen LogP contribution in [0.15, 0.2) is 28.6 Å². The van der Waals surface area contributed by atoms with Gasteiger partial charge in [0.05, 0.1) is 24.7 Å². The van der Waals surface area contributed by atoms with Crippen molar-refractivity contribution < 1.29 is 14.3 Å². The molecule has 130 valence electrons. The zero-order valence-corrected chi connectivity index (χ0v) is 15.4. The number of carbonyl (C=O) groups is 1. The van der Waals surface area contributed by atoms with Gasteiger partial charge in [0.1, 0.15) is 5.75 Å². The standard InChI is InChI=1S/C15H20N4O3S2/c1-10(13(20)17-11-6-4-5-7-12(11)22-3)23-15-19-18-14(24-15)16-8-9-21-2/h4-7,10H,8-9H2,1-3H3,(H,16,18)(H,17,20)/t10-/m0/s1. The second-order valence-corrected chi connectivity index (χ2v) is 7.31. The zero-order valence-electron chi connectivity index (χ0n) is 13.7. The Balaban J connectivity index is 1.89. The van der Waals surface area contributed by atoms with E-state index in [9.17, 15) is 4.79 Å². The summed E-state index contributed by atoms with van der Waals surface area (Å²) in [4.78, 5) is 12.3. The second kappa shape index (κ2) is 9.45. The highest BCUT2D eigenvalue weighted by Crippen LogP contribution is 2.30. The van der Waals surface area contributed by atoms with Crippen LogP contribution in [0.4, 0.5) is 10.8 Å². The molecule has 0 saturated carbocycles. The molecule has 1 amide bonds. The van der Waals surface area contributed by atoms with E-state index in [-0.39, 0.29) is 11.2 Å². The van der Waals surface area contributed by atoms with Gasteiger partial charge in [-0.1, -0.05) is 35.2 Å². The van der Waals surface area contributed by atoms with Gasteiger partial charge in [0.2, 0.25) is 11.0 Å². The van der Waals surface area contributed by atoms with Gasteiger partial charge in [-0.25, -0.2) is 0 Å². The summed E-state index contributed by atoms with van der Waals surface area (Å²) in [7, 11) is 3.22. The van der Waals surface area contributed by atoms with Gasteiger partial charge in [-0.3, -0.25) is 4.79 Å². The highest BCUT2D eigenvalue weighted by molar-refractivity contribution is 8.02. The highest BCUT2D eigenvalue weighted by atomic mass is 32.2. The van der Waals surface area contributed by atoms with Gasteiger partial charge in [-0.2, -0.15) is 0 Å². The summed E-state index contributed by atoms with van der Waals surface area (Å²) in [6, 6.07) is 7.30. The number of ether oxygens (including phenoxy) is 2. The normalized spacial score (nSPS) is 11.8. The first-order valence-electron chi connectivity index (χ1n) is 7.31. The van der Waals surface area contributed by atoms with Crippen LogP contribution in [0, 0.1) is 0 Å². The summed E-state index contributed by atoms with van der Waals surface area (Å²) < 4.78 is 10.9. The fourth-order valence-corrected chi connectivity index (χ4v) is 3.70. The largest absolute Gasteiger partial charge is 0.495 e. The van der Waals surface area contributed by atoms with Gasteiger partial charge in [0, 0.05) is 13.7 Å². The number of hydrogen-bond donors (Lipinski definition) is 2. The average molecular weight is 368 g/mol. The maximum atomic E-state index is 12.3. The van der Waals surface area contributed by atoms with Crippen molar-refractivity contribution in [3.63, 3.8) is 0 Å². The van der Waals surface area contributed by atoms with E-state index in [1.165, 1.54) is 23.1 Å². The molecule has 2 N–H and O–H groups in total. The van der Waals surface area contributed by atoms with Gasteiger partial charge in [0.25, 0.3) is 0 Å². The number of hydrogen-bond acceptors (Lipinski definition) is 8. The molecule has 1 atom stereocenters. The molecule has 0 unspecified atom stereocenters. The first-order chi connectivity index (χ1) is 11.6. The molecule has 0 radical (unpaired) electrons. The van der Waals surface area contributed by atoms with Gasteiger partial charge < -0.3 is 20.1 Å². The number of nitrogens with zero attached hydrogens (tertiary/aromatic N) is 2. The van der Waals surface area contributed by atoms with Crippen molar-refractivity contribution in [3.05, 3.63) is 24.3 Å². The molecule has 1 heterocycles. The van der Waals surface area contributed by atoms with Gasteiger partial charge in [-0.05, 0) is 19.1 Å². The number of thioether (sulfide) groups is 1. The maximum absolute atomic E-state index is 12.3. The molecule has 0 fully saturated rings. The number of anilines is 2. The van der Waals surface area contributed by atoms with E-state index < -0.39 is 0 Å². The number of rotatable bonds is 9. The number of aromatic nitrogens is 2. The quantitative estimate of drug-likeness (QED) is 0.520. The first kappa shape index (κ1) is 18.5. The number of benzene rings is 1. The average Bonchev–Trinajstić information content (AvgIpc) is 3.03. The Bertz CT molecular complexity index is 666. The molecule has 2 rings (SSSR count). The van der Waals surface area contributed by atoms with Crippen molar-refractivity contribution in [2.45, 2.75) is 16.5 Å². The first-order valence-corrected chi connectivity index (χ1v) is 9.00. The van der Waals surface area contributed by atoms with Crippen LogP contribution < -0.4 is 15.4 Å². The van der Waals surface area contributed by atoms with Crippen LogP contribution in [0.2, 0.25) is 0 Å². The SMILES string of the molecule is COCCNc1nnc(S[C@@H](C)C(=O)Nc2ccccc2OC)s1. The molecule has 0 spiro atoms. The Labute approximate surface area is 149 Å². The lowest BCUT2D eigenvalue weighted by Crippen LogP contribution is -2.22. The fraction of sp³-hybridized carbons (Fsp3) is 0.400. The monoisotopic (exact) mass is 368 g/mol. The molecular formula is C15H20N4O3S2. The lowest BCUT2D eigenvalue weighted by molar-refractivity contribution is -0.115. The van der Waals surface area contributed by atoms with Gasteiger partial charge in [0.15, 0.2) is 4.34 Å². The third kappa shape index (κ3) is 5.36. The molecule has 1 aromatic carbocycles. The fourth-order valence-electron chi connectivity index (χ4n) is 1.78. The lowest BCUT2D eigenvalue weighted by Gasteiger charge is -2.12. The molecule has 7 nitrogen and oxygen atoms in total. The van der Waals surface area contributed by atoms with Crippen LogP contribution in [0.1, 0.15) is 6.92 Å². The van der Waals surface area contributed by atoms with E-state index in [1.54, 1.807) is 26.4 Å². The van der Waals surface area contributed by atoms with E-state index in [0.717, 1.165) is 4.34 Å². The Morgan fingerprint density at radius 2 is 2.12 bits per heavy atom. The third-order valence-corrected chi connectivity index (χ3v) is 5.07. The maximum Gasteiger partial charge on any atom is 0.237 e. The Morgan fingerprint density at radius 3 is 2.88 bits per heavy atom. The summed E-state index contributed by atoms with van der Waals surface area (Å²) in [6.45, 7) is 3.09.